The molecule has 0 saturated carbocycles. The van der Waals surface area contributed by atoms with Gasteiger partial charge in [0.05, 0.1) is 5.69 Å². The molecule has 2 heteroatoms. The van der Waals surface area contributed by atoms with E-state index in [4.69, 9.17) is 0 Å². The Labute approximate surface area is 125 Å². The van der Waals surface area contributed by atoms with E-state index in [9.17, 15) is 0 Å². The first-order valence-electron chi connectivity index (χ1n) is 7.48. The lowest BCUT2D eigenvalue weighted by molar-refractivity contribution is 0.885. The first kappa shape index (κ1) is 13.6. The molecule has 0 aliphatic rings. The predicted molar refractivity (Wildman–Crippen MR) is 87.4 cm³/mol. The Kier molecular flexibility index (Phi) is 3.87. The smallest absolute Gasteiger partial charge is 0.0961 e. The minimum atomic E-state index is 0.329. The Morgan fingerprint density at radius 2 is 1.57 bits per heavy atom. The quantitative estimate of drug-likeness (QED) is 0.729. The molecule has 2 aromatic carbocycles. The van der Waals surface area contributed by atoms with Gasteiger partial charge in [-0.1, -0.05) is 74.5 Å². The molecule has 0 saturated heterocycles. The van der Waals surface area contributed by atoms with Crippen molar-refractivity contribution in [2.24, 2.45) is 0 Å². The van der Waals surface area contributed by atoms with E-state index in [1.165, 1.54) is 22.4 Å². The summed E-state index contributed by atoms with van der Waals surface area (Å²) in [5, 5.41) is 7.80. The van der Waals surface area contributed by atoms with Crippen molar-refractivity contribution in [3.63, 3.8) is 0 Å². The summed E-state index contributed by atoms with van der Waals surface area (Å²) in [7, 11) is 0. The van der Waals surface area contributed by atoms with Crippen LogP contribution in [-0.2, 0) is 6.42 Å². The first-order valence-corrected chi connectivity index (χ1v) is 7.48. The second kappa shape index (κ2) is 5.96. The van der Waals surface area contributed by atoms with E-state index < -0.39 is 0 Å². The van der Waals surface area contributed by atoms with Gasteiger partial charge in [-0.2, -0.15) is 5.10 Å². The predicted octanol–water partition coefficient (Wildman–Crippen LogP) is 4.79. The molecule has 106 valence electrons. The van der Waals surface area contributed by atoms with Crippen LogP contribution >= 0.6 is 0 Å². The minimum absolute atomic E-state index is 0.329. The Morgan fingerprint density at radius 3 is 2.19 bits per heavy atom. The molecule has 0 aliphatic heterocycles. The first-order chi connectivity index (χ1) is 10.3. The molecular weight excluding hydrogens is 256 g/mol. The fourth-order valence-electron chi connectivity index (χ4n) is 2.85. The summed E-state index contributed by atoms with van der Waals surface area (Å²) >= 11 is 0. The van der Waals surface area contributed by atoms with Crippen molar-refractivity contribution in [2.75, 3.05) is 0 Å². The van der Waals surface area contributed by atoms with Crippen LogP contribution in [-0.4, -0.2) is 10.2 Å². The number of aryl methyl sites for hydroxylation is 1. The zero-order chi connectivity index (χ0) is 14.7. The Morgan fingerprint density at radius 1 is 0.952 bits per heavy atom. The lowest BCUT2D eigenvalue weighted by atomic mass is 9.89. The van der Waals surface area contributed by atoms with Gasteiger partial charge in [0.15, 0.2) is 0 Å². The summed E-state index contributed by atoms with van der Waals surface area (Å²) in [6.07, 6.45) is 0.965. The van der Waals surface area contributed by atoms with Gasteiger partial charge in [-0.3, -0.25) is 5.10 Å². The molecule has 1 aromatic heterocycles. The van der Waals surface area contributed by atoms with Crippen molar-refractivity contribution >= 4 is 0 Å². The number of hydrogen-bond donors (Lipinski definition) is 1. The lowest BCUT2D eigenvalue weighted by Gasteiger charge is -2.14. The van der Waals surface area contributed by atoms with E-state index in [1.54, 1.807) is 0 Å². The molecule has 0 amide bonds. The second-order valence-corrected chi connectivity index (χ2v) is 5.32. The average molecular weight is 276 g/mol. The summed E-state index contributed by atoms with van der Waals surface area (Å²) in [5.41, 5.74) is 6.11. The SMILES string of the molecule is CCc1[nH]nc(-c2ccccc2)c1[C@H](C)c1ccccc1. The molecule has 2 nitrogen and oxygen atoms in total. The van der Waals surface area contributed by atoms with E-state index in [2.05, 4.69) is 78.6 Å². The van der Waals surface area contributed by atoms with Crippen LogP contribution in [0, 0.1) is 0 Å². The molecule has 0 bridgehead atoms. The Balaban J connectivity index is 2.11. The number of rotatable bonds is 4. The highest BCUT2D eigenvalue weighted by Crippen LogP contribution is 2.34. The van der Waals surface area contributed by atoms with E-state index in [0.29, 0.717) is 5.92 Å². The van der Waals surface area contributed by atoms with Gasteiger partial charge in [0.25, 0.3) is 0 Å². The van der Waals surface area contributed by atoms with E-state index in [-0.39, 0.29) is 0 Å². The van der Waals surface area contributed by atoms with Gasteiger partial charge in [0.1, 0.15) is 0 Å². The van der Waals surface area contributed by atoms with Crippen molar-refractivity contribution < 1.29 is 0 Å². The average Bonchev–Trinajstić information content (AvgIpc) is 2.99. The maximum Gasteiger partial charge on any atom is 0.0961 e. The number of nitrogens with zero attached hydrogens (tertiary/aromatic N) is 1. The number of aromatic amines is 1. The molecule has 0 unspecified atom stereocenters. The van der Waals surface area contributed by atoms with Crippen LogP contribution in [0.15, 0.2) is 60.7 Å². The van der Waals surface area contributed by atoms with Crippen LogP contribution in [0.5, 0.6) is 0 Å². The molecular formula is C19H20N2. The number of aromatic nitrogens is 2. The summed E-state index contributed by atoms with van der Waals surface area (Å²) in [6, 6.07) is 21.0. The highest BCUT2D eigenvalue weighted by molar-refractivity contribution is 5.65. The van der Waals surface area contributed by atoms with Crippen molar-refractivity contribution in [1.82, 2.24) is 10.2 Å². The van der Waals surface area contributed by atoms with Crippen molar-refractivity contribution in [2.45, 2.75) is 26.2 Å². The standard InChI is InChI=1S/C19H20N2/c1-3-17-18(14(2)15-10-6-4-7-11-15)19(21-20-17)16-12-8-5-9-13-16/h4-14H,3H2,1-2H3,(H,20,21)/t14-/m1/s1. The van der Waals surface area contributed by atoms with Gasteiger partial charge < -0.3 is 0 Å². The van der Waals surface area contributed by atoms with Gasteiger partial charge in [0.2, 0.25) is 0 Å². The molecule has 21 heavy (non-hydrogen) atoms. The maximum absolute atomic E-state index is 4.58. The zero-order valence-electron chi connectivity index (χ0n) is 12.5. The number of benzene rings is 2. The van der Waals surface area contributed by atoms with Crippen molar-refractivity contribution in [3.05, 3.63) is 77.5 Å². The third-order valence-electron chi connectivity index (χ3n) is 4.02. The molecule has 0 fully saturated rings. The van der Waals surface area contributed by atoms with Crippen LogP contribution < -0.4 is 0 Å². The molecule has 1 heterocycles. The number of hydrogen-bond acceptors (Lipinski definition) is 1. The Bertz CT molecular complexity index is 699. The van der Waals surface area contributed by atoms with Gasteiger partial charge in [-0.05, 0) is 12.0 Å². The number of nitrogens with one attached hydrogen (secondary N) is 1. The largest absolute Gasteiger partial charge is 0.282 e. The van der Waals surface area contributed by atoms with Crippen molar-refractivity contribution in [3.8, 4) is 11.3 Å². The minimum Gasteiger partial charge on any atom is -0.282 e. The van der Waals surface area contributed by atoms with Crippen LogP contribution in [0.2, 0.25) is 0 Å². The maximum atomic E-state index is 4.58. The third-order valence-corrected chi connectivity index (χ3v) is 4.02. The molecule has 0 aliphatic carbocycles. The molecule has 1 atom stereocenters. The van der Waals surface area contributed by atoms with E-state index in [1.807, 2.05) is 6.07 Å². The van der Waals surface area contributed by atoms with Crippen molar-refractivity contribution in [1.29, 1.82) is 0 Å². The molecule has 1 N–H and O–H groups in total. The van der Waals surface area contributed by atoms with Crippen LogP contribution in [0.4, 0.5) is 0 Å². The molecule has 3 rings (SSSR count). The molecule has 0 radical (unpaired) electrons. The van der Waals surface area contributed by atoms with Gasteiger partial charge >= 0.3 is 0 Å². The van der Waals surface area contributed by atoms with Crippen LogP contribution in [0.3, 0.4) is 0 Å². The van der Waals surface area contributed by atoms with E-state index >= 15 is 0 Å². The molecule has 0 spiro atoms. The Hall–Kier alpha value is -2.35. The summed E-state index contributed by atoms with van der Waals surface area (Å²) in [4.78, 5) is 0. The fourth-order valence-corrected chi connectivity index (χ4v) is 2.85. The van der Waals surface area contributed by atoms with Gasteiger partial charge in [-0.25, -0.2) is 0 Å². The third kappa shape index (κ3) is 2.62. The highest BCUT2D eigenvalue weighted by atomic mass is 15.1. The van der Waals surface area contributed by atoms with Gasteiger partial charge in [-0.15, -0.1) is 0 Å². The molecule has 3 aromatic rings. The topological polar surface area (TPSA) is 28.7 Å². The normalized spacial score (nSPS) is 12.3. The number of H-pyrrole nitrogens is 1. The second-order valence-electron chi connectivity index (χ2n) is 5.32. The van der Waals surface area contributed by atoms with Gasteiger partial charge in [0, 0.05) is 22.7 Å². The fraction of sp³-hybridized carbons (Fsp3) is 0.211. The monoisotopic (exact) mass is 276 g/mol. The van der Waals surface area contributed by atoms with Crippen LogP contribution in [0.1, 0.15) is 36.6 Å². The summed E-state index contributed by atoms with van der Waals surface area (Å²) in [6.45, 7) is 4.43. The lowest BCUT2D eigenvalue weighted by Crippen LogP contribution is -2.00. The van der Waals surface area contributed by atoms with Crippen LogP contribution in [0.25, 0.3) is 11.3 Å². The van der Waals surface area contributed by atoms with E-state index in [0.717, 1.165) is 12.1 Å². The highest BCUT2D eigenvalue weighted by Gasteiger charge is 2.20. The summed E-state index contributed by atoms with van der Waals surface area (Å²) < 4.78 is 0. The summed E-state index contributed by atoms with van der Waals surface area (Å²) in [5.74, 6) is 0.329. The zero-order valence-corrected chi connectivity index (χ0v) is 12.5.